The van der Waals surface area contributed by atoms with E-state index >= 15 is 0 Å². The summed E-state index contributed by atoms with van der Waals surface area (Å²) in [6.45, 7) is 1.82. The van der Waals surface area contributed by atoms with E-state index in [1.807, 2.05) is 6.92 Å². The predicted octanol–water partition coefficient (Wildman–Crippen LogP) is 4.71. The molecular weight excluding hydrogens is 324 g/mol. The van der Waals surface area contributed by atoms with Crippen LogP contribution in [0.5, 0.6) is 0 Å². The summed E-state index contributed by atoms with van der Waals surface area (Å²) in [5.41, 5.74) is 0.939. The van der Waals surface area contributed by atoms with Crippen molar-refractivity contribution >= 4 is 17.8 Å². The van der Waals surface area contributed by atoms with E-state index < -0.39 is 12.1 Å². The number of benzene rings is 2. The Balaban J connectivity index is 2.18. The van der Waals surface area contributed by atoms with Crippen LogP contribution in [0, 0.1) is 0 Å². The monoisotopic (exact) mass is 343 g/mol. The fourth-order valence-electron chi connectivity index (χ4n) is 2.51. The van der Waals surface area contributed by atoms with Crippen LogP contribution in [0.1, 0.15) is 46.0 Å². The average molecular weight is 343 g/mol. The van der Waals surface area contributed by atoms with Crippen LogP contribution < -0.4 is 5.32 Å². The van der Waals surface area contributed by atoms with E-state index in [-0.39, 0.29) is 23.5 Å². The van der Waals surface area contributed by atoms with E-state index in [4.69, 9.17) is 0 Å². The number of hydrogen-bond donors (Lipinski definition) is 1. The molecule has 0 aromatic heterocycles. The van der Waals surface area contributed by atoms with Crippen molar-refractivity contribution in [2.75, 3.05) is 0 Å². The Morgan fingerprint density at radius 2 is 1.76 bits per heavy atom. The molecule has 5 heteroatoms. The molecule has 130 valence electrons. The van der Waals surface area contributed by atoms with Crippen LogP contribution in [-0.2, 0) is 0 Å². The summed E-state index contributed by atoms with van der Waals surface area (Å²) in [4.78, 5) is 23.1. The summed E-state index contributed by atoms with van der Waals surface area (Å²) >= 11 is 0. The average Bonchev–Trinajstić information content (AvgIpc) is 2.65. The molecule has 0 aliphatic rings. The zero-order valence-electron chi connectivity index (χ0n) is 13.8. The van der Waals surface area contributed by atoms with Crippen LogP contribution in [0.25, 0.3) is 5.57 Å². The van der Waals surface area contributed by atoms with Crippen molar-refractivity contribution < 1.29 is 18.4 Å². The maximum absolute atomic E-state index is 13.5. The number of hydrogen-bond acceptors (Lipinski definition) is 2. The van der Waals surface area contributed by atoms with Gasteiger partial charge in [0, 0.05) is 22.7 Å². The molecule has 25 heavy (non-hydrogen) atoms. The highest BCUT2D eigenvalue weighted by molar-refractivity contribution is 5.94. The third-order valence-corrected chi connectivity index (χ3v) is 3.91. The van der Waals surface area contributed by atoms with Crippen molar-refractivity contribution in [3.63, 3.8) is 0 Å². The van der Waals surface area contributed by atoms with Gasteiger partial charge < -0.3 is 5.32 Å². The second-order valence-corrected chi connectivity index (χ2v) is 5.63. The van der Waals surface area contributed by atoms with Gasteiger partial charge in [0.2, 0.25) is 0 Å². The Kier molecular flexibility index (Phi) is 6.57. The lowest BCUT2D eigenvalue weighted by atomic mass is 9.96. The molecular formula is C20H19F2NO2. The zero-order valence-corrected chi connectivity index (χ0v) is 13.8. The molecule has 1 amide bonds. The van der Waals surface area contributed by atoms with Crippen LogP contribution in [0.15, 0.2) is 60.7 Å². The van der Waals surface area contributed by atoms with Gasteiger partial charge in [0.25, 0.3) is 12.0 Å². The first-order valence-electron chi connectivity index (χ1n) is 8.00. The Hall–Kier alpha value is -2.82. The molecule has 0 bridgehead atoms. The van der Waals surface area contributed by atoms with Gasteiger partial charge in [0.05, 0.1) is 0 Å². The molecule has 0 aliphatic carbocycles. The predicted molar refractivity (Wildman–Crippen MR) is 93.6 cm³/mol. The standard InChI is InChI=1S/C20H19F2NO2/c1-2-17(23-20(25)15-8-4-3-5-9-15)12-18(19(21)22)16-10-6-7-14(11-16)13-24/h3-11,13,17H,2,12H2,1H3,(H,23,25). The minimum atomic E-state index is -1.81. The van der Waals surface area contributed by atoms with Crippen LogP contribution in [-0.4, -0.2) is 18.2 Å². The fourth-order valence-corrected chi connectivity index (χ4v) is 2.51. The molecule has 0 saturated carbocycles. The van der Waals surface area contributed by atoms with Crippen molar-refractivity contribution in [1.29, 1.82) is 0 Å². The van der Waals surface area contributed by atoms with E-state index in [1.54, 1.807) is 42.5 Å². The van der Waals surface area contributed by atoms with Crippen molar-refractivity contribution in [2.24, 2.45) is 0 Å². The normalized spacial score (nSPS) is 11.5. The van der Waals surface area contributed by atoms with Crippen molar-refractivity contribution in [3.8, 4) is 0 Å². The molecule has 2 aromatic rings. The van der Waals surface area contributed by atoms with Crippen molar-refractivity contribution in [2.45, 2.75) is 25.8 Å². The number of halogens is 2. The van der Waals surface area contributed by atoms with Gasteiger partial charge in [0.1, 0.15) is 6.29 Å². The van der Waals surface area contributed by atoms with Crippen LogP contribution in [0.4, 0.5) is 8.78 Å². The Bertz CT molecular complexity index is 768. The summed E-state index contributed by atoms with van der Waals surface area (Å²) in [6.07, 6.45) is -0.704. The van der Waals surface area contributed by atoms with Crippen molar-refractivity contribution in [3.05, 3.63) is 77.4 Å². The van der Waals surface area contributed by atoms with Crippen LogP contribution in [0.2, 0.25) is 0 Å². The molecule has 2 rings (SSSR count). The lowest BCUT2D eigenvalue weighted by Gasteiger charge is -2.19. The van der Waals surface area contributed by atoms with Gasteiger partial charge in [-0.05, 0) is 36.6 Å². The molecule has 0 aliphatic heterocycles. The molecule has 1 N–H and O–H groups in total. The Morgan fingerprint density at radius 1 is 1.08 bits per heavy atom. The zero-order chi connectivity index (χ0) is 18.2. The second-order valence-electron chi connectivity index (χ2n) is 5.63. The smallest absolute Gasteiger partial charge is 0.274 e. The Labute approximate surface area is 145 Å². The first-order valence-corrected chi connectivity index (χ1v) is 8.00. The molecule has 1 atom stereocenters. The van der Waals surface area contributed by atoms with E-state index in [2.05, 4.69) is 5.32 Å². The highest BCUT2D eigenvalue weighted by Gasteiger charge is 2.18. The highest BCUT2D eigenvalue weighted by Crippen LogP contribution is 2.27. The van der Waals surface area contributed by atoms with Gasteiger partial charge in [-0.2, -0.15) is 8.78 Å². The maximum atomic E-state index is 13.5. The summed E-state index contributed by atoms with van der Waals surface area (Å²) in [5, 5.41) is 2.79. The number of carbonyl (C=O) groups is 2. The third-order valence-electron chi connectivity index (χ3n) is 3.91. The Morgan fingerprint density at radius 3 is 2.36 bits per heavy atom. The molecule has 0 radical (unpaired) electrons. The van der Waals surface area contributed by atoms with Gasteiger partial charge in [0.15, 0.2) is 0 Å². The molecule has 0 heterocycles. The summed E-state index contributed by atoms with van der Waals surface area (Å²) in [5.74, 6) is -0.298. The number of amides is 1. The summed E-state index contributed by atoms with van der Waals surface area (Å²) in [7, 11) is 0. The van der Waals surface area contributed by atoms with E-state index in [9.17, 15) is 18.4 Å². The lowest BCUT2D eigenvalue weighted by molar-refractivity contribution is 0.0936. The van der Waals surface area contributed by atoms with Gasteiger partial charge in [-0.15, -0.1) is 0 Å². The number of carbonyl (C=O) groups excluding carboxylic acids is 2. The summed E-state index contributed by atoms with van der Waals surface area (Å²) in [6, 6.07) is 14.3. The highest BCUT2D eigenvalue weighted by atomic mass is 19.3. The largest absolute Gasteiger partial charge is 0.349 e. The van der Waals surface area contributed by atoms with Gasteiger partial charge in [-0.1, -0.05) is 43.3 Å². The molecule has 0 spiro atoms. The second kappa shape index (κ2) is 8.87. The van der Waals surface area contributed by atoms with Crippen LogP contribution >= 0.6 is 0 Å². The topological polar surface area (TPSA) is 46.2 Å². The maximum Gasteiger partial charge on any atom is 0.274 e. The quantitative estimate of drug-likeness (QED) is 0.740. The SMILES string of the molecule is CCC(CC(=C(F)F)c1cccc(C=O)c1)NC(=O)c1ccccc1. The van der Waals surface area contributed by atoms with Gasteiger partial charge in [-0.25, -0.2) is 0 Å². The lowest BCUT2D eigenvalue weighted by Crippen LogP contribution is -2.34. The van der Waals surface area contributed by atoms with Gasteiger partial charge in [-0.3, -0.25) is 9.59 Å². The van der Waals surface area contributed by atoms with E-state index in [0.29, 0.717) is 23.8 Å². The first kappa shape index (κ1) is 18.5. The number of rotatable bonds is 7. The molecule has 2 aromatic carbocycles. The first-order chi connectivity index (χ1) is 12.0. The minimum Gasteiger partial charge on any atom is -0.349 e. The third kappa shape index (κ3) is 5.08. The summed E-state index contributed by atoms with van der Waals surface area (Å²) < 4.78 is 26.9. The van der Waals surface area contributed by atoms with E-state index in [1.165, 1.54) is 12.1 Å². The van der Waals surface area contributed by atoms with Gasteiger partial charge >= 0.3 is 0 Å². The minimum absolute atomic E-state index is 0.0142. The number of aldehydes is 1. The fraction of sp³-hybridized carbons (Fsp3) is 0.200. The number of nitrogens with one attached hydrogen (secondary N) is 1. The molecule has 0 saturated heterocycles. The van der Waals surface area contributed by atoms with E-state index in [0.717, 1.165) is 0 Å². The van der Waals surface area contributed by atoms with Crippen molar-refractivity contribution in [1.82, 2.24) is 5.32 Å². The molecule has 3 nitrogen and oxygen atoms in total. The molecule has 1 unspecified atom stereocenters. The van der Waals surface area contributed by atoms with Crippen LogP contribution in [0.3, 0.4) is 0 Å². The molecule has 0 fully saturated rings.